The first-order valence-electron chi connectivity index (χ1n) is 12.5. The quantitative estimate of drug-likeness (QED) is 0.218. The molecular formula is C28H36N4O6S2. The van der Waals surface area contributed by atoms with Crippen molar-refractivity contribution in [3.63, 3.8) is 0 Å². The van der Waals surface area contributed by atoms with E-state index in [9.17, 15) is 8.42 Å². The summed E-state index contributed by atoms with van der Waals surface area (Å²) in [4.78, 5) is 1.38. The molecule has 0 spiro atoms. The van der Waals surface area contributed by atoms with E-state index in [-0.39, 0.29) is 0 Å². The fraction of sp³-hybridized carbons (Fsp3) is 0.357. The summed E-state index contributed by atoms with van der Waals surface area (Å²) in [5.74, 6) is 1.52. The highest BCUT2D eigenvalue weighted by atomic mass is 32.2. The molecule has 0 fully saturated rings. The number of benzene rings is 2. The Labute approximate surface area is 240 Å². The molecule has 0 amide bonds. The van der Waals surface area contributed by atoms with Crippen LogP contribution in [0.25, 0.3) is 0 Å². The molecular weight excluding hydrogens is 552 g/mol. The minimum Gasteiger partial charge on any atom is -0.359 e. The van der Waals surface area contributed by atoms with Crippen LogP contribution in [0.3, 0.4) is 0 Å². The summed E-state index contributed by atoms with van der Waals surface area (Å²) in [6.07, 6.45) is 0. The van der Waals surface area contributed by atoms with Crippen LogP contribution in [0.2, 0.25) is 0 Å². The molecule has 216 valence electrons. The maximum absolute atomic E-state index is 12.3. The second kappa shape index (κ2) is 13.4. The van der Waals surface area contributed by atoms with Gasteiger partial charge < -0.3 is 9.05 Å². The topological polar surface area (TPSA) is 129 Å². The summed E-state index contributed by atoms with van der Waals surface area (Å²) in [5.41, 5.74) is 13.6. The van der Waals surface area contributed by atoms with E-state index in [4.69, 9.17) is 17.6 Å². The lowest BCUT2D eigenvalue weighted by atomic mass is 10.1. The molecule has 0 aliphatic carbocycles. The average molecular weight is 589 g/mol. The third-order valence-electron chi connectivity index (χ3n) is 6.82. The van der Waals surface area contributed by atoms with Gasteiger partial charge in [-0.25, -0.2) is 19.4 Å². The second-order valence-electron chi connectivity index (χ2n) is 9.58. The lowest BCUT2D eigenvalue weighted by Crippen LogP contribution is -2.09. The van der Waals surface area contributed by atoms with Gasteiger partial charge in [0, 0.05) is 11.1 Å². The molecule has 2 heterocycles. The van der Waals surface area contributed by atoms with Crippen LogP contribution in [-0.4, -0.2) is 18.7 Å². The van der Waals surface area contributed by atoms with Gasteiger partial charge in [0.15, 0.2) is 5.82 Å². The van der Waals surface area contributed by atoms with Crippen LogP contribution in [0.4, 0.5) is 11.7 Å². The van der Waals surface area contributed by atoms with Gasteiger partial charge >= 0.3 is 0 Å². The highest BCUT2D eigenvalue weighted by molar-refractivity contribution is 7.80. The first-order valence-corrected chi connectivity index (χ1v) is 14.7. The third kappa shape index (κ3) is 7.05. The Kier molecular flexibility index (Phi) is 10.4. The zero-order chi connectivity index (χ0) is 29.7. The predicted octanol–water partition coefficient (Wildman–Crippen LogP) is 6.57. The molecule has 40 heavy (non-hydrogen) atoms. The van der Waals surface area contributed by atoms with Crippen molar-refractivity contribution in [3.05, 3.63) is 80.2 Å². The number of anilines is 2. The number of hydrogen-bond donors (Lipinski definition) is 2. The van der Waals surface area contributed by atoms with Crippen LogP contribution in [0, 0.1) is 69.2 Å². The van der Waals surface area contributed by atoms with Crippen molar-refractivity contribution < 1.29 is 26.0 Å². The van der Waals surface area contributed by atoms with E-state index < -0.39 is 22.2 Å². The van der Waals surface area contributed by atoms with Crippen LogP contribution in [0.5, 0.6) is 0 Å². The maximum Gasteiger partial charge on any atom is 0.252 e. The van der Waals surface area contributed by atoms with E-state index in [2.05, 4.69) is 21.3 Å². The summed E-state index contributed by atoms with van der Waals surface area (Å²) < 4.78 is 45.1. The SMILES string of the molecule is Cc1ccc(C)c(S(=O)ONc2noc(C)c2C)c1C.Cc1ccc(C)c(S(=O)ONc2onc(C)c2C)c1C. The number of aryl methyl sites for hydroxylation is 6. The predicted molar refractivity (Wildman–Crippen MR) is 155 cm³/mol. The fourth-order valence-corrected chi connectivity index (χ4v) is 5.58. The van der Waals surface area contributed by atoms with Gasteiger partial charge in [-0.05, 0) is 103 Å². The summed E-state index contributed by atoms with van der Waals surface area (Å²) in [6, 6.07) is 7.87. The van der Waals surface area contributed by atoms with Crippen molar-refractivity contribution in [2.24, 2.45) is 0 Å². The highest BCUT2D eigenvalue weighted by Crippen LogP contribution is 2.25. The van der Waals surface area contributed by atoms with E-state index in [1.54, 1.807) is 6.92 Å². The molecule has 0 saturated carbocycles. The van der Waals surface area contributed by atoms with E-state index in [0.29, 0.717) is 27.3 Å². The summed E-state index contributed by atoms with van der Waals surface area (Å²) in [6.45, 7) is 19.0. The summed E-state index contributed by atoms with van der Waals surface area (Å²) in [5, 5.41) is 7.60. The number of rotatable bonds is 8. The molecule has 0 aliphatic heterocycles. The van der Waals surface area contributed by atoms with Gasteiger partial charge in [-0.3, -0.25) is 0 Å². The zero-order valence-electron chi connectivity index (χ0n) is 24.5. The third-order valence-corrected chi connectivity index (χ3v) is 9.21. The minimum absolute atomic E-state index is 0.374. The van der Waals surface area contributed by atoms with Crippen molar-refractivity contribution in [2.45, 2.75) is 79.0 Å². The molecule has 10 nitrogen and oxygen atoms in total. The molecule has 2 unspecified atom stereocenters. The van der Waals surface area contributed by atoms with Gasteiger partial charge in [-0.2, -0.15) is 8.57 Å². The minimum atomic E-state index is -1.62. The molecule has 0 radical (unpaired) electrons. The monoisotopic (exact) mass is 588 g/mol. The van der Waals surface area contributed by atoms with E-state index in [1.807, 2.05) is 86.6 Å². The number of nitrogens with zero attached hydrogens (tertiary/aromatic N) is 2. The Morgan fingerprint density at radius 2 is 1.07 bits per heavy atom. The molecule has 12 heteroatoms. The molecule has 2 aromatic carbocycles. The van der Waals surface area contributed by atoms with Crippen LogP contribution in [0.15, 0.2) is 43.1 Å². The largest absolute Gasteiger partial charge is 0.359 e. The Morgan fingerprint density at radius 3 is 1.50 bits per heavy atom. The molecule has 2 N–H and O–H groups in total. The highest BCUT2D eigenvalue weighted by Gasteiger charge is 2.17. The first kappa shape index (κ1) is 31.2. The summed E-state index contributed by atoms with van der Waals surface area (Å²) >= 11 is -3.22. The maximum atomic E-state index is 12.3. The number of nitrogens with one attached hydrogen (secondary N) is 2. The Morgan fingerprint density at radius 1 is 0.600 bits per heavy atom. The van der Waals surface area contributed by atoms with Gasteiger partial charge in [-0.15, -0.1) is 0 Å². The average Bonchev–Trinajstić information content (AvgIpc) is 3.41. The smallest absolute Gasteiger partial charge is 0.252 e. The molecule has 2 atom stereocenters. The zero-order valence-corrected chi connectivity index (χ0v) is 26.1. The van der Waals surface area contributed by atoms with E-state index in [1.165, 1.54) is 0 Å². The Balaban J connectivity index is 0.000000220. The molecule has 4 rings (SSSR count). The normalized spacial score (nSPS) is 12.4. The molecule has 0 bridgehead atoms. The van der Waals surface area contributed by atoms with Gasteiger partial charge in [0.2, 0.25) is 22.2 Å². The van der Waals surface area contributed by atoms with Crippen LogP contribution < -0.4 is 11.0 Å². The lowest BCUT2D eigenvalue weighted by Gasteiger charge is -2.11. The second-order valence-corrected chi connectivity index (χ2v) is 11.7. The van der Waals surface area contributed by atoms with Crippen LogP contribution in [-0.2, 0) is 30.7 Å². The van der Waals surface area contributed by atoms with Gasteiger partial charge in [0.05, 0.1) is 15.5 Å². The van der Waals surface area contributed by atoms with E-state index >= 15 is 0 Å². The van der Waals surface area contributed by atoms with Crippen molar-refractivity contribution in [1.82, 2.24) is 10.3 Å². The van der Waals surface area contributed by atoms with Crippen molar-refractivity contribution in [1.29, 1.82) is 0 Å². The van der Waals surface area contributed by atoms with Gasteiger partial charge in [0.25, 0.3) is 5.88 Å². The molecule has 0 saturated heterocycles. The van der Waals surface area contributed by atoms with Gasteiger partial charge in [0.1, 0.15) is 5.76 Å². The summed E-state index contributed by atoms with van der Waals surface area (Å²) in [7, 11) is 0. The lowest BCUT2D eigenvalue weighted by molar-refractivity contribution is 0.366. The first-order chi connectivity index (χ1) is 18.8. The molecule has 4 aromatic rings. The van der Waals surface area contributed by atoms with Crippen LogP contribution in [0.1, 0.15) is 56.0 Å². The van der Waals surface area contributed by atoms with Crippen LogP contribution >= 0.6 is 0 Å². The number of aromatic nitrogens is 2. The van der Waals surface area contributed by atoms with Gasteiger partial charge in [-0.1, -0.05) is 34.6 Å². The Bertz CT molecular complexity index is 1450. The standard InChI is InChI=1S/2C14H18N2O3S/c1-8-6-7-9(2)13(10(8)3)20(17)19-16-14-11(4)12(5)18-15-14;1-8-6-7-9(2)13(10(8)3)20(17)19-16-14-11(4)12(5)15-18-14/h6-7H,1-5H3,(H,15,16);6-7,16H,1-5H3. The fourth-order valence-electron chi connectivity index (χ4n) is 3.62. The Hall–Kier alpha value is -3.32. The molecule has 0 aliphatic rings. The van der Waals surface area contributed by atoms with E-state index in [0.717, 1.165) is 50.2 Å². The molecule has 2 aromatic heterocycles. The van der Waals surface area contributed by atoms with Crippen molar-refractivity contribution >= 4 is 33.9 Å². The number of hydrogen-bond acceptors (Lipinski definition) is 10. The van der Waals surface area contributed by atoms with Crippen molar-refractivity contribution in [2.75, 3.05) is 11.0 Å². The van der Waals surface area contributed by atoms with Crippen molar-refractivity contribution in [3.8, 4) is 0 Å².